The summed E-state index contributed by atoms with van der Waals surface area (Å²) in [7, 11) is 0. The van der Waals surface area contributed by atoms with Crippen LogP contribution in [0.15, 0.2) is 36.4 Å². The molecule has 0 saturated heterocycles. The highest BCUT2D eigenvalue weighted by molar-refractivity contribution is 5.56. The highest BCUT2D eigenvalue weighted by Crippen LogP contribution is 2.30. The molecule has 2 heterocycles. The Bertz CT molecular complexity index is 801. The quantitative estimate of drug-likeness (QED) is 0.665. The van der Waals surface area contributed by atoms with E-state index in [0.29, 0.717) is 12.1 Å². The van der Waals surface area contributed by atoms with E-state index in [0.717, 1.165) is 55.7 Å². The average molecular weight is 387 g/mol. The molecule has 4 heteroatoms. The van der Waals surface area contributed by atoms with Crippen LogP contribution in [0.5, 0.6) is 0 Å². The molecule has 0 aromatic heterocycles. The van der Waals surface area contributed by atoms with Crippen molar-refractivity contribution >= 4 is 5.69 Å². The molecule has 2 aromatic rings. The fraction of sp³-hybridized carbons (Fsp3) is 0.500. The third-order valence-electron chi connectivity index (χ3n) is 5.83. The molecule has 0 amide bonds. The molecular formula is C24H32F2N2. The van der Waals surface area contributed by atoms with E-state index < -0.39 is 0 Å². The predicted molar refractivity (Wildman–Crippen MR) is 113 cm³/mol. The first-order valence-corrected chi connectivity index (χ1v) is 10.4. The smallest absolute Gasteiger partial charge is 0.128 e. The first-order chi connectivity index (χ1) is 13.4. The molecule has 0 aliphatic carbocycles. The molecule has 0 radical (unpaired) electrons. The fourth-order valence-corrected chi connectivity index (χ4v) is 4.15. The SMILES string of the molecule is CC(C)N1CCCc2c(F)cccc21.CC(C)N1CCc2cccc(F)c2C1. The summed E-state index contributed by atoms with van der Waals surface area (Å²) in [4.78, 5) is 4.59. The lowest BCUT2D eigenvalue weighted by atomic mass is 9.98. The second-order valence-corrected chi connectivity index (χ2v) is 8.32. The molecule has 4 rings (SSSR count). The van der Waals surface area contributed by atoms with Crippen molar-refractivity contribution in [3.8, 4) is 0 Å². The van der Waals surface area contributed by atoms with Crippen molar-refractivity contribution < 1.29 is 8.78 Å². The van der Waals surface area contributed by atoms with Gasteiger partial charge < -0.3 is 4.90 Å². The molecule has 2 aromatic carbocycles. The van der Waals surface area contributed by atoms with Crippen LogP contribution in [-0.2, 0) is 19.4 Å². The van der Waals surface area contributed by atoms with Crippen molar-refractivity contribution in [3.05, 3.63) is 64.7 Å². The lowest BCUT2D eigenvalue weighted by Gasteiger charge is -2.34. The van der Waals surface area contributed by atoms with Gasteiger partial charge in [-0.1, -0.05) is 18.2 Å². The molecular weight excluding hydrogens is 354 g/mol. The Kier molecular flexibility index (Phi) is 6.71. The third-order valence-corrected chi connectivity index (χ3v) is 5.83. The van der Waals surface area contributed by atoms with E-state index in [2.05, 4.69) is 37.5 Å². The monoisotopic (exact) mass is 386 g/mol. The van der Waals surface area contributed by atoms with Crippen LogP contribution >= 0.6 is 0 Å². The van der Waals surface area contributed by atoms with Crippen molar-refractivity contribution in [2.75, 3.05) is 18.0 Å². The molecule has 0 atom stereocenters. The van der Waals surface area contributed by atoms with Crippen LogP contribution in [0.1, 0.15) is 50.8 Å². The van der Waals surface area contributed by atoms with Gasteiger partial charge in [0.05, 0.1) is 0 Å². The first kappa shape index (κ1) is 20.8. The average Bonchev–Trinajstić information content (AvgIpc) is 2.68. The standard InChI is InChI=1S/2C12H16FN/c1-9(2)14-8-4-5-10-11(13)6-3-7-12(10)14;1-9(2)14-7-6-10-4-3-5-12(13)11(10)8-14/h3,6-7,9H,4-5,8H2,1-2H3;3-5,9H,6-8H2,1-2H3. The minimum absolute atomic E-state index is 0.0483. The number of hydrogen-bond acceptors (Lipinski definition) is 2. The van der Waals surface area contributed by atoms with Crippen LogP contribution in [0.4, 0.5) is 14.5 Å². The Hall–Kier alpha value is -1.94. The number of anilines is 1. The zero-order valence-corrected chi connectivity index (χ0v) is 17.5. The van der Waals surface area contributed by atoms with Crippen LogP contribution in [0.3, 0.4) is 0 Å². The Morgan fingerprint density at radius 2 is 1.46 bits per heavy atom. The van der Waals surface area contributed by atoms with Crippen LogP contribution in [-0.4, -0.2) is 30.1 Å². The summed E-state index contributed by atoms with van der Waals surface area (Å²) in [6, 6.07) is 11.7. The van der Waals surface area contributed by atoms with Gasteiger partial charge in [-0.2, -0.15) is 0 Å². The van der Waals surface area contributed by atoms with Crippen molar-refractivity contribution in [2.45, 2.75) is 65.6 Å². The van der Waals surface area contributed by atoms with Gasteiger partial charge in [-0.05, 0) is 70.7 Å². The third kappa shape index (κ3) is 4.54. The van der Waals surface area contributed by atoms with E-state index in [1.54, 1.807) is 24.3 Å². The van der Waals surface area contributed by atoms with Crippen LogP contribution in [0, 0.1) is 11.6 Å². The van der Waals surface area contributed by atoms with Gasteiger partial charge in [0.2, 0.25) is 0 Å². The molecule has 0 unspecified atom stereocenters. The molecule has 0 fully saturated rings. The van der Waals surface area contributed by atoms with E-state index in [9.17, 15) is 8.78 Å². The summed E-state index contributed by atoms with van der Waals surface area (Å²) >= 11 is 0. The van der Waals surface area contributed by atoms with Crippen molar-refractivity contribution in [1.82, 2.24) is 4.90 Å². The van der Waals surface area contributed by atoms with E-state index in [4.69, 9.17) is 0 Å². The highest BCUT2D eigenvalue weighted by Gasteiger charge is 2.21. The van der Waals surface area contributed by atoms with Crippen LogP contribution < -0.4 is 4.90 Å². The van der Waals surface area contributed by atoms with E-state index >= 15 is 0 Å². The van der Waals surface area contributed by atoms with Gasteiger partial charge in [0.25, 0.3) is 0 Å². The van der Waals surface area contributed by atoms with Gasteiger partial charge in [-0.25, -0.2) is 8.78 Å². The van der Waals surface area contributed by atoms with Gasteiger partial charge >= 0.3 is 0 Å². The second kappa shape index (κ2) is 9.04. The molecule has 0 bridgehead atoms. The highest BCUT2D eigenvalue weighted by atomic mass is 19.1. The van der Waals surface area contributed by atoms with Gasteiger partial charge in [-0.3, -0.25) is 4.90 Å². The van der Waals surface area contributed by atoms with Gasteiger partial charge in [-0.15, -0.1) is 0 Å². The normalized spacial score (nSPS) is 16.5. The second-order valence-electron chi connectivity index (χ2n) is 8.32. The summed E-state index contributed by atoms with van der Waals surface area (Å²) in [5.74, 6) is -0.0966. The molecule has 2 nitrogen and oxygen atoms in total. The number of hydrogen-bond donors (Lipinski definition) is 0. The maximum Gasteiger partial charge on any atom is 0.128 e. The van der Waals surface area contributed by atoms with Crippen LogP contribution in [0.25, 0.3) is 0 Å². The molecule has 0 saturated carbocycles. The minimum Gasteiger partial charge on any atom is -0.369 e. The largest absolute Gasteiger partial charge is 0.369 e. The Morgan fingerprint density at radius 3 is 2.14 bits per heavy atom. The number of nitrogens with zero attached hydrogens (tertiary/aromatic N) is 2. The summed E-state index contributed by atoms with van der Waals surface area (Å²) < 4.78 is 27.0. The summed E-state index contributed by atoms with van der Waals surface area (Å²) in [6.07, 6.45) is 2.92. The summed E-state index contributed by atoms with van der Waals surface area (Å²) in [6.45, 7) is 11.5. The number of fused-ring (bicyclic) bond motifs is 2. The van der Waals surface area contributed by atoms with Gasteiger partial charge in [0.15, 0.2) is 0 Å². The number of halogens is 2. The van der Waals surface area contributed by atoms with Crippen LogP contribution in [0.2, 0.25) is 0 Å². The fourth-order valence-electron chi connectivity index (χ4n) is 4.15. The maximum atomic E-state index is 13.5. The number of benzene rings is 2. The number of rotatable bonds is 2. The van der Waals surface area contributed by atoms with Crippen molar-refractivity contribution in [2.24, 2.45) is 0 Å². The molecule has 2 aliphatic rings. The van der Waals surface area contributed by atoms with Gasteiger partial charge in [0.1, 0.15) is 11.6 Å². The predicted octanol–water partition coefficient (Wildman–Crippen LogP) is 5.58. The van der Waals surface area contributed by atoms with Crippen molar-refractivity contribution in [1.29, 1.82) is 0 Å². The zero-order chi connectivity index (χ0) is 20.3. The Balaban J connectivity index is 0.000000161. The molecule has 2 aliphatic heterocycles. The van der Waals surface area contributed by atoms with E-state index in [1.165, 1.54) is 5.56 Å². The zero-order valence-electron chi connectivity index (χ0n) is 17.5. The lowest BCUT2D eigenvalue weighted by molar-refractivity contribution is 0.200. The summed E-state index contributed by atoms with van der Waals surface area (Å²) in [5, 5.41) is 0. The van der Waals surface area contributed by atoms with Crippen molar-refractivity contribution in [3.63, 3.8) is 0 Å². The Morgan fingerprint density at radius 1 is 0.786 bits per heavy atom. The first-order valence-electron chi connectivity index (χ1n) is 10.4. The van der Waals surface area contributed by atoms with E-state index in [-0.39, 0.29) is 11.6 Å². The maximum absolute atomic E-state index is 13.5. The van der Waals surface area contributed by atoms with Gasteiger partial charge in [0, 0.05) is 48.5 Å². The lowest BCUT2D eigenvalue weighted by Crippen LogP contribution is -2.36. The topological polar surface area (TPSA) is 6.48 Å². The minimum atomic E-state index is -0.0483. The molecule has 28 heavy (non-hydrogen) atoms. The Labute approximate surface area is 168 Å². The molecule has 152 valence electrons. The van der Waals surface area contributed by atoms with E-state index in [1.807, 2.05) is 12.1 Å². The summed E-state index contributed by atoms with van der Waals surface area (Å²) in [5.41, 5.74) is 4.06. The molecule has 0 spiro atoms. The molecule has 0 N–H and O–H groups in total.